The number of carbonyl (C=O) groups excluding carboxylic acids is 3. The lowest BCUT2D eigenvalue weighted by molar-refractivity contribution is -0.127. The third-order valence-corrected chi connectivity index (χ3v) is 7.42. The minimum absolute atomic E-state index is 0.00605. The molecular formula is C27H25N5O5. The number of hydrogen-bond acceptors (Lipinski definition) is 7. The van der Waals surface area contributed by atoms with E-state index in [0.717, 1.165) is 28.2 Å². The normalized spacial score (nSPS) is 19.1. The first-order valence-corrected chi connectivity index (χ1v) is 11.9. The van der Waals surface area contributed by atoms with Crippen LogP contribution in [-0.2, 0) is 28.6 Å². The van der Waals surface area contributed by atoms with Crippen LogP contribution in [0.4, 0.5) is 0 Å². The van der Waals surface area contributed by atoms with E-state index in [1.165, 1.54) is 0 Å². The van der Waals surface area contributed by atoms with E-state index in [1.54, 1.807) is 36.3 Å². The van der Waals surface area contributed by atoms with Crippen molar-refractivity contribution in [1.29, 1.82) is 0 Å². The van der Waals surface area contributed by atoms with Gasteiger partial charge in [0.25, 0.3) is 5.91 Å². The molecule has 4 aromatic rings. The third kappa shape index (κ3) is 3.43. The van der Waals surface area contributed by atoms with Gasteiger partial charge in [-0.15, -0.1) is 0 Å². The summed E-state index contributed by atoms with van der Waals surface area (Å²) in [4.78, 5) is 45.3. The average molecular weight is 500 g/mol. The highest BCUT2D eigenvalue weighted by Crippen LogP contribution is 2.39. The summed E-state index contributed by atoms with van der Waals surface area (Å²) in [6.07, 6.45) is -0.122. The Hall–Kier alpha value is -4.47. The maximum Gasteiger partial charge on any atom is 0.254 e. The number of aryl methyl sites for hydroxylation is 2. The fraction of sp³-hybridized carbons (Fsp3) is 0.296. The Morgan fingerprint density at radius 2 is 1.95 bits per heavy atom. The monoisotopic (exact) mass is 499 g/mol. The van der Waals surface area contributed by atoms with Crippen molar-refractivity contribution in [1.82, 2.24) is 25.0 Å². The van der Waals surface area contributed by atoms with Gasteiger partial charge in [-0.1, -0.05) is 6.07 Å². The molecule has 1 N–H and O–H groups in total. The first-order valence-electron chi connectivity index (χ1n) is 11.9. The van der Waals surface area contributed by atoms with Gasteiger partial charge in [-0.2, -0.15) is 5.10 Å². The van der Waals surface area contributed by atoms with Gasteiger partial charge in [0.15, 0.2) is 5.58 Å². The molecule has 2 aliphatic heterocycles. The van der Waals surface area contributed by atoms with Crippen LogP contribution in [0.5, 0.6) is 5.75 Å². The molecule has 2 aliphatic rings. The van der Waals surface area contributed by atoms with E-state index < -0.39 is 17.2 Å². The van der Waals surface area contributed by atoms with Gasteiger partial charge in [0.05, 0.1) is 24.9 Å². The smallest absolute Gasteiger partial charge is 0.254 e. The zero-order valence-corrected chi connectivity index (χ0v) is 20.9. The van der Waals surface area contributed by atoms with Gasteiger partial charge in [-0.25, -0.2) is 4.98 Å². The summed E-state index contributed by atoms with van der Waals surface area (Å²) in [5.41, 5.74) is 4.56. The van der Waals surface area contributed by atoms with Crippen molar-refractivity contribution in [2.75, 3.05) is 13.7 Å². The van der Waals surface area contributed by atoms with E-state index in [4.69, 9.17) is 14.1 Å². The van der Waals surface area contributed by atoms with Gasteiger partial charge in [-0.3, -0.25) is 24.4 Å². The number of rotatable bonds is 5. The van der Waals surface area contributed by atoms with E-state index in [1.807, 2.05) is 37.7 Å². The molecule has 0 spiro atoms. The predicted molar refractivity (Wildman–Crippen MR) is 133 cm³/mol. The van der Waals surface area contributed by atoms with Crippen molar-refractivity contribution in [3.05, 3.63) is 64.7 Å². The zero-order valence-electron chi connectivity index (χ0n) is 20.9. The van der Waals surface area contributed by atoms with Crippen molar-refractivity contribution in [2.45, 2.75) is 32.2 Å². The van der Waals surface area contributed by atoms with Crippen LogP contribution >= 0.6 is 0 Å². The number of benzene rings is 1. The molecule has 1 aromatic carbocycles. The van der Waals surface area contributed by atoms with Gasteiger partial charge in [0.2, 0.25) is 11.8 Å². The Balaban J connectivity index is 1.40. The lowest BCUT2D eigenvalue weighted by Gasteiger charge is -2.28. The molecule has 6 rings (SSSR count). The topological polar surface area (TPSA) is 120 Å². The highest BCUT2D eigenvalue weighted by atomic mass is 16.5. The Morgan fingerprint density at radius 1 is 1.14 bits per heavy atom. The molecule has 0 saturated carbocycles. The quantitative estimate of drug-likeness (QED) is 0.419. The second-order valence-electron chi connectivity index (χ2n) is 9.68. The van der Waals surface area contributed by atoms with Gasteiger partial charge in [0, 0.05) is 43.0 Å². The largest absolute Gasteiger partial charge is 0.497 e. The predicted octanol–water partition coefficient (Wildman–Crippen LogP) is 2.79. The number of hydrogen-bond donors (Lipinski definition) is 1. The molecular weight excluding hydrogens is 474 g/mol. The maximum atomic E-state index is 13.3. The highest BCUT2D eigenvalue weighted by Gasteiger charge is 2.53. The number of nitrogens with zero attached hydrogens (tertiary/aromatic N) is 4. The van der Waals surface area contributed by atoms with Crippen molar-refractivity contribution in [3.8, 4) is 17.0 Å². The fourth-order valence-corrected chi connectivity index (χ4v) is 5.41. The van der Waals surface area contributed by atoms with Gasteiger partial charge < -0.3 is 14.1 Å². The van der Waals surface area contributed by atoms with Crippen molar-refractivity contribution < 1.29 is 23.5 Å². The molecule has 1 fully saturated rings. The molecule has 0 aliphatic carbocycles. The first kappa shape index (κ1) is 23.0. The van der Waals surface area contributed by atoms with E-state index in [9.17, 15) is 14.4 Å². The Kier molecular flexibility index (Phi) is 4.98. The standard InChI is InChI=1S/C27H25N5O5/c1-14-24(15(2)31(3)30-14)19-7-8-21-20(28-19)10-22(37-21)27(11-23(33)29-26(27)35)13-32-12-16-5-6-17(36-4)9-18(16)25(32)34/h5-10H,11-13H2,1-4H3,(H,29,33,35)/t27-/m1/s1. The van der Waals surface area contributed by atoms with Crippen LogP contribution in [0.2, 0.25) is 0 Å². The second-order valence-corrected chi connectivity index (χ2v) is 9.68. The number of pyridine rings is 1. The fourth-order valence-electron chi connectivity index (χ4n) is 5.41. The van der Waals surface area contributed by atoms with Crippen molar-refractivity contribution >= 4 is 28.8 Å². The van der Waals surface area contributed by atoms with E-state index >= 15 is 0 Å². The molecule has 0 bridgehead atoms. The van der Waals surface area contributed by atoms with Gasteiger partial charge >= 0.3 is 0 Å². The Bertz CT molecular complexity index is 1630. The number of furan rings is 1. The van der Waals surface area contributed by atoms with Crippen LogP contribution in [0.1, 0.15) is 39.5 Å². The summed E-state index contributed by atoms with van der Waals surface area (Å²) in [5, 5.41) is 6.88. The molecule has 3 aromatic heterocycles. The summed E-state index contributed by atoms with van der Waals surface area (Å²) in [5.74, 6) is -0.241. The van der Waals surface area contributed by atoms with Crippen LogP contribution < -0.4 is 10.1 Å². The van der Waals surface area contributed by atoms with Gasteiger partial charge in [-0.05, 0) is 43.7 Å². The Labute approximate surface area is 212 Å². The molecule has 0 radical (unpaired) electrons. The minimum Gasteiger partial charge on any atom is -0.497 e. The SMILES string of the molecule is COc1ccc2c(c1)C(=O)N(C[C@@]1(c3cc4nc(-c5c(C)nn(C)c5C)ccc4o3)CC(=O)NC1=O)C2. The summed E-state index contributed by atoms with van der Waals surface area (Å²) in [7, 11) is 3.42. The third-order valence-electron chi connectivity index (χ3n) is 7.42. The van der Waals surface area contributed by atoms with Crippen LogP contribution in [0.25, 0.3) is 22.4 Å². The zero-order chi connectivity index (χ0) is 26.1. The maximum absolute atomic E-state index is 13.3. The van der Waals surface area contributed by atoms with E-state index in [-0.39, 0.29) is 18.9 Å². The van der Waals surface area contributed by atoms with Crippen molar-refractivity contribution in [3.63, 3.8) is 0 Å². The number of methoxy groups -OCH3 is 1. The average Bonchev–Trinajstić information content (AvgIpc) is 3.58. The second kappa shape index (κ2) is 8.02. The minimum atomic E-state index is -1.36. The summed E-state index contributed by atoms with van der Waals surface area (Å²) >= 11 is 0. The number of ether oxygens (including phenoxy) is 1. The number of imide groups is 1. The highest BCUT2D eigenvalue weighted by molar-refractivity contribution is 6.10. The molecule has 1 atom stereocenters. The molecule has 188 valence electrons. The lowest BCUT2D eigenvalue weighted by atomic mass is 9.82. The van der Waals surface area contributed by atoms with Crippen LogP contribution in [0.3, 0.4) is 0 Å². The molecule has 5 heterocycles. The number of carbonyl (C=O) groups is 3. The molecule has 10 nitrogen and oxygen atoms in total. The lowest BCUT2D eigenvalue weighted by Crippen LogP contribution is -2.46. The van der Waals surface area contributed by atoms with Crippen molar-refractivity contribution in [2.24, 2.45) is 7.05 Å². The number of fused-ring (bicyclic) bond motifs is 2. The van der Waals surface area contributed by atoms with E-state index in [2.05, 4.69) is 10.4 Å². The molecule has 10 heteroatoms. The first-order chi connectivity index (χ1) is 17.7. The molecule has 0 unspecified atom stereocenters. The summed E-state index contributed by atoms with van der Waals surface area (Å²) in [6, 6.07) is 10.7. The van der Waals surface area contributed by atoms with E-state index in [0.29, 0.717) is 34.7 Å². The molecule has 37 heavy (non-hydrogen) atoms. The van der Waals surface area contributed by atoms with Gasteiger partial charge in [0.1, 0.15) is 22.4 Å². The molecule has 3 amide bonds. The van der Waals surface area contributed by atoms with Crippen LogP contribution in [0.15, 0.2) is 40.8 Å². The van der Waals surface area contributed by atoms with Crippen LogP contribution in [0, 0.1) is 13.8 Å². The molecule has 1 saturated heterocycles. The number of nitrogens with one attached hydrogen (secondary N) is 1. The number of aromatic nitrogens is 3. The van der Waals surface area contributed by atoms with Crippen LogP contribution in [-0.4, -0.2) is 51.0 Å². The number of amides is 3. The summed E-state index contributed by atoms with van der Waals surface area (Å²) in [6.45, 7) is 4.22. The Morgan fingerprint density at radius 3 is 2.62 bits per heavy atom. The summed E-state index contributed by atoms with van der Waals surface area (Å²) < 4.78 is 13.2.